The van der Waals surface area contributed by atoms with Gasteiger partial charge in [-0.3, -0.25) is 14.5 Å². The molecule has 1 aromatic rings. The van der Waals surface area contributed by atoms with Crippen molar-refractivity contribution in [2.24, 2.45) is 0 Å². The number of allylic oxidation sites excluding steroid dienone is 2. The summed E-state index contributed by atoms with van der Waals surface area (Å²) in [6.45, 7) is 1.81. The molecule has 1 fully saturated rings. The first-order valence-electron chi connectivity index (χ1n) is 8.11. The van der Waals surface area contributed by atoms with Crippen molar-refractivity contribution in [2.75, 3.05) is 18.0 Å². The summed E-state index contributed by atoms with van der Waals surface area (Å²) in [5, 5.41) is 9.58. The van der Waals surface area contributed by atoms with Crippen LogP contribution in [0, 0.1) is 0 Å². The number of rotatable bonds is 5. The van der Waals surface area contributed by atoms with Crippen LogP contribution in [0.25, 0.3) is 0 Å². The summed E-state index contributed by atoms with van der Waals surface area (Å²) >= 11 is 7.38. The van der Waals surface area contributed by atoms with Crippen LogP contribution in [0.4, 0.5) is 18.9 Å². The zero-order valence-corrected chi connectivity index (χ0v) is 17.2. The molecular weight excluding hydrogens is 449 g/mol. The van der Waals surface area contributed by atoms with Crippen molar-refractivity contribution < 1.29 is 32.6 Å². The van der Waals surface area contributed by atoms with E-state index in [0.717, 1.165) is 21.6 Å². The zero-order valence-electron chi connectivity index (χ0n) is 14.7. The van der Waals surface area contributed by atoms with Gasteiger partial charge in [0, 0.05) is 17.5 Å². The molecular formula is C17H13F3N2O4S3. The van der Waals surface area contributed by atoms with Crippen LogP contribution < -0.4 is 9.64 Å². The van der Waals surface area contributed by atoms with Crippen LogP contribution in [-0.2, 0) is 9.59 Å². The topological polar surface area (TPSA) is 70.1 Å². The number of carbonyl (C=O) groups is 2. The molecule has 2 aliphatic heterocycles. The molecule has 0 radical (unpaired) electrons. The predicted octanol–water partition coefficient (Wildman–Crippen LogP) is 4.19. The van der Waals surface area contributed by atoms with E-state index >= 15 is 0 Å². The minimum atomic E-state index is -4.78. The fraction of sp³-hybridized carbons (Fsp3) is 0.235. The van der Waals surface area contributed by atoms with Crippen molar-refractivity contribution in [1.82, 2.24) is 4.90 Å². The first kappa shape index (κ1) is 21.5. The molecule has 1 amide bonds. The number of carboxylic acids is 1. The van der Waals surface area contributed by atoms with Crippen LogP contribution in [0.2, 0.25) is 0 Å². The van der Waals surface area contributed by atoms with Crippen molar-refractivity contribution in [3.63, 3.8) is 0 Å². The number of thioether (sulfide) groups is 2. The lowest BCUT2D eigenvalue weighted by Gasteiger charge is -2.18. The van der Waals surface area contributed by atoms with E-state index in [4.69, 9.17) is 17.3 Å². The molecule has 3 rings (SSSR count). The summed E-state index contributed by atoms with van der Waals surface area (Å²) in [6.07, 6.45) is -1.59. The Morgan fingerprint density at radius 3 is 2.62 bits per heavy atom. The highest BCUT2D eigenvalue weighted by Gasteiger charge is 2.34. The van der Waals surface area contributed by atoms with E-state index in [2.05, 4.69) is 4.74 Å². The van der Waals surface area contributed by atoms with Gasteiger partial charge in [0.1, 0.15) is 16.6 Å². The van der Waals surface area contributed by atoms with Crippen LogP contribution in [0.3, 0.4) is 0 Å². The minimum Gasteiger partial charge on any atom is -0.480 e. The molecule has 0 atom stereocenters. The van der Waals surface area contributed by atoms with Gasteiger partial charge in [0.05, 0.1) is 15.6 Å². The Hall–Kier alpha value is -2.18. The summed E-state index contributed by atoms with van der Waals surface area (Å²) in [7, 11) is 0. The van der Waals surface area contributed by atoms with Crippen molar-refractivity contribution >= 4 is 57.6 Å². The van der Waals surface area contributed by atoms with Crippen molar-refractivity contribution in [3.8, 4) is 5.75 Å². The Bertz CT molecular complexity index is 946. The van der Waals surface area contributed by atoms with E-state index in [1.54, 1.807) is 11.0 Å². The van der Waals surface area contributed by atoms with Gasteiger partial charge in [-0.1, -0.05) is 35.7 Å². The van der Waals surface area contributed by atoms with Gasteiger partial charge in [0.2, 0.25) is 0 Å². The van der Waals surface area contributed by atoms with Crippen LogP contribution >= 0.6 is 35.7 Å². The molecule has 1 N–H and O–H groups in total. The summed E-state index contributed by atoms with van der Waals surface area (Å²) in [5.74, 6) is -1.98. The lowest BCUT2D eigenvalue weighted by Crippen LogP contribution is -2.33. The Morgan fingerprint density at radius 1 is 1.28 bits per heavy atom. The third kappa shape index (κ3) is 4.87. The van der Waals surface area contributed by atoms with Crippen molar-refractivity contribution in [2.45, 2.75) is 18.2 Å². The van der Waals surface area contributed by atoms with E-state index in [1.165, 1.54) is 36.0 Å². The minimum absolute atomic E-state index is 0.158. The standard InChI is InChI=1S/C17H13F3N2O4S3/c1-2-21-10-7-9(26-17(18,19)20)3-4-11(10)28-13(21)6-5-12-15(25)22(8-14(23)24)16(27)29-12/h3-7H,2,8H2,1H3,(H,23,24)/b12-5+,13-6-. The average molecular weight is 462 g/mol. The van der Waals surface area contributed by atoms with E-state index in [9.17, 15) is 22.8 Å². The normalized spacial score (nSPS) is 19.4. The Kier molecular flexibility index (Phi) is 6.15. The molecule has 6 nitrogen and oxygen atoms in total. The average Bonchev–Trinajstić information content (AvgIpc) is 3.09. The number of anilines is 1. The number of fused-ring (bicyclic) bond motifs is 1. The second-order valence-corrected chi connectivity index (χ2v) is 8.45. The molecule has 0 aromatic heterocycles. The quantitative estimate of drug-likeness (QED) is 0.516. The molecule has 1 aromatic carbocycles. The highest BCUT2D eigenvalue weighted by Crippen LogP contribution is 2.47. The fourth-order valence-corrected chi connectivity index (χ4v) is 4.97. The number of halogens is 3. The molecule has 29 heavy (non-hydrogen) atoms. The highest BCUT2D eigenvalue weighted by molar-refractivity contribution is 8.26. The van der Waals surface area contributed by atoms with Gasteiger partial charge in [0.25, 0.3) is 5.91 Å². The SMILES string of the molecule is CCN1/C(=C/C=C2/SC(=S)N(CC(=O)O)C2=O)Sc2ccc(OC(F)(F)F)cc21. The molecule has 154 valence electrons. The van der Waals surface area contributed by atoms with Gasteiger partial charge in [-0.05, 0) is 31.2 Å². The molecule has 0 unspecified atom stereocenters. The Labute approximate surface area is 177 Å². The van der Waals surface area contributed by atoms with E-state index in [-0.39, 0.29) is 15.0 Å². The molecule has 0 saturated carbocycles. The first-order valence-corrected chi connectivity index (χ1v) is 10.2. The molecule has 0 spiro atoms. The summed E-state index contributed by atoms with van der Waals surface area (Å²) in [5.41, 5.74) is 0.567. The van der Waals surface area contributed by atoms with Crippen molar-refractivity contribution in [3.05, 3.63) is 40.3 Å². The Balaban J connectivity index is 1.83. The maximum atomic E-state index is 12.5. The van der Waals surface area contributed by atoms with E-state index in [0.29, 0.717) is 17.3 Å². The van der Waals surface area contributed by atoms with Gasteiger partial charge in [-0.25, -0.2) is 0 Å². The van der Waals surface area contributed by atoms with Crippen molar-refractivity contribution in [1.29, 1.82) is 0 Å². The number of alkyl halides is 3. The number of carbonyl (C=O) groups excluding carboxylic acids is 1. The van der Waals surface area contributed by atoms with Crippen LogP contribution in [0.5, 0.6) is 5.75 Å². The van der Waals surface area contributed by atoms with Gasteiger partial charge >= 0.3 is 12.3 Å². The highest BCUT2D eigenvalue weighted by atomic mass is 32.2. The van der Waals surface area contributed by atoms with Crippen LogP contribution in [0.1, 0.15) is 6.92 Å². The van der Waals surface area contributed by atoms with E-state index in [1.807, 2.05) is 6.92 Å². The smallest absolute Gasteiger partial charge is 0.480 e. The lowest BCUT2D eigenvalue weighted by atomic mass is 10.2. The third-order valence-electron chi connectivity index (χ3n) is 3.80. The number of amides is 1. The second-order valence-electron chi connectivity index (χ2n) is 5.71. The molecule has 12 heteroatoms. The van der Waals surface area contributed by atoms with Crippen LogP contribution in [-0.4, -0.2) is 45.7 Å². The summed E-state index contributed by atoms with van der Waals surface area (Å²) in [4.78, 5) is 27.0. The molecule has 2 aliphatic rings. The second kappa shape index (κ2) is 8.28. The number of nitrogens with zero attached hydrogens (tertiary/aromatic N) is 2. The zero-order chi connectivity index (χ0) is 21.3. The van der Waals surface area contributed by atoms with Gasteiger partial charge < -0.3 is 14.7 Å². The molecule has 0 aliphatic carbocycles. The number of aliphatic carboxylic acids is 1. The number of hydrogen-bond acceptors (Lipinski definition) is 7. The molecule has 0 bridgehead atoms. The number of benzene rings is 1. The summed E-state index contributed by atoms with van der Waals surface area (Å²) < 4.78 is 41.6. The number of carboxylic acid groups (broad SMARTS) is 1. The number of ether oxygens (including phenoxy) is 1. The molecule has 2 heterocycles. The lowest BCUT2D eigenvalue weighted by molar-refractivity contribution is -0.274. The number of hydrogen-bond donors (Lipinski definition) is 1. The largest absolute Gasteiger partial charge is 0.573 e. The van der Waals surface area contributed by atoms with Gasteiger partial charge in [0.15, 0.2) is 0 Å². The maximum Gasteiger partial charge on any atom is 0.573 e. The third-order valence-corrected chi connectivity index (χ3v) is 6.32. The predicted molar refractivity (Wildman–Crippen MR) is 108 cm³/mol. The van der Waals surface area contributed by atoms with Gasteiger partial charge in [-0.2, -0.15) is 0 Å². The van der Waals surface area contributed by atoms with Gasteiger partial charge in [-0.15, -0.1) is 13.2 Å². The monoisotopic (exact) mass is 462 g/mol. The van der Waals surface area contributed by atoms with Crippen LogP contribution in [0.15, 0.2) is 45.2 Å². The fourth-order valence-electron chi connectivity index (χ4n) is 2.66. The number of thiocarbonyl (C=S) groups is 1. The maximum absolute atomic E-state index is 12.5. The van der Waals surface area contributed by atoms with E-state index < -0.39 is 24.8 Å². The first-order chi connectivity index (χ1) is 13.6. The Morgan fingerprint density at radius 2 is 2.00 bits per heavy atom. The summed E-state index contributed by atoms with van der Waals surface area (Å²) in [6, 6.07) is 4.09. The molecule has 1 saturated heterocycles.